The van der Waals surface area contributed by atoms with Gasteiger partial charge in [-0.3, -0.25) is 9.59 Å². The first-order valence-electron chi connectivity index (χ1n) is 8.73. The fraction of sp³-hybridized carbons (Fsp3) is 0.250. The van der Waals surface area contributed by atoms with Crippen LogP contribution in [0, 0.1) is 0 Å². The summed E-state index contributed by atoms with van der Waals surface area (Å²) >= 11 is 1.62. The highest BCUT2D eigenvalue weighted by Gasteiger charge is 2.13. The van der Waals surface area contributed by atoms with Crippen molar-refractivity contribution in [3.05, 3.63) is 48.5 Å². The van der Waals surface area contributed by atoms with Crippen LogP contribution in [-0.4, -0.2) is 48.9 Å². The number of thiazole rings is 1. The Bertz CT molecular complexity index is 902. The number of anilines is 1. The Kier molecular flexibility index (Phi) is 6.16. The normalized spacial score (nSPS) is 10.9. The van der Waals surface area contributed by atoms with Gasteiger partial charge in [0.1, 0.15) is 5.01 Å². The molecule has 0 saturated heterocycles. The quantitative estimate of drug-likeness (QED) is 0.508. The van der Waals surface area contributed by atoms with Crippen molar-refractivity contribution in [3.8, 4) is 10.6 Å². The number of rotatable bonds is 6. The molecule has 2 amide bonds. The maximum absolute atomic E-state index is 12.0. The van der Waals surface area contributed by atoms with Gasteiger partial charge in [-0.15, -0.1) is 11.3 Å². The van der Waals surface area contributed by atoms with E-state index in [0.717, 1.165) is 33.8 Å². The average molecular weight is 382 g/mol. The lowest BCUT2D eigenvalue weighted by Gasteiger charge is -2.10. The third-order valence-electron chi connectivity index (χ3n) is 3.96. The number of carbonyl (C=O) groups excluding carboxylic acids is 2. The topological polar surface area (TPSA) is 74.3 Å². The van der Waals surface area contributed by atoms with Gasteiger partial charge in [-0.25, -0.2) is 4.98 Å². The number of aromatic nitrogens is 1. The van der Waals surface area contributed by atoms with Crippen molar-refractivity contribution >= 4 is 39.1 Å². The van der Waals surface area contributed by atoms with E-state index in [-0.39, 0.29) is 0 Å². The molecule has 0 radical (unpaired) electrons. The molecular formula is C20H22N4O2S. The summed E-state index contributed by atoms with van der Waals surface area (Å²) in [6.07, 6.45) is 0.795. The molecule has 0 fully saturated rings. The number of fused-ring (bicyclic) bond motifs is 1. The summed E-state index contributed by atoms with van der Waals surface area (Å²) in [7, 11) is 3.93. The van der Waals surface area contributed by atoms with Crippen molar-refractivity contribution in [1.82, 2.24) is 15.2 Å². The lowest BCUT2D eigenvalue weighted by atomic mass is 10.2. The molecule has 0 aliphatic carbocycles. The zero-order valence-electron chi connectivity index (χ0n) is 15.4. The minimum absolute atomic E-state index is 0.473. The van der Waals surface area contributed by atoms with E-state index in [1.807, 2.05) is 55.4 Å². The van der Waals surface area contributed by atoms with Crippen LogP contribution in [0.3, 0.4) is 0 Å². The van der Waals surface area contributed by atoms with Crippen molar-refractivity contribution in [3.63, 3.8) is 0 Å². The Morgan fingerprint density at radius 3 is 2.48 bits per heavy atom. The van der Waals surface area contributed by atoms with Crippen LogP contribution in [-0.2, 0) is 9.59 Å². The first kappa shape index (κ1) is 19.0. The molecule has 0 bridgehead atoms. The van der Waals surface area contributed by atoms with E-state index >= 15 is 0 Å². The molecule has 0 spiro atoms. The number of amides is 2. The Hall–Kier alpha value is -2.77. The molecule has 3 aromatic rings. The van der Waals surface area contributed by atoms with Gasteiger partial charge in [0.2, 0.25) is 0 Å². The standard InChI is InChI=1S/C20H22N4O2S/c1-24(2)13-5-12-21-18(25)19(26)22-15-10-8-14(9-11-15)20-23-16-6-3-4-7-17(16)27-20/h3-4,6-11H,5,12-13H2,1-2H3,(H,21,25)(H,22,26). The third kappa shape index (κ3) is 5.12. The first-order valence-corrected chi connectivity index (χ1v) is 9.54. The van der Waals surface area contributed by atoms with Crippen LogP contribution in [0.25, 0.3) is 20.8 Å². The van der Waals surface area contributed by atoms with Gasteiger partial charge in [0, 0.05) is 17.8 Å². The van der Waals surface area contributed by atoms with Gasteiger partial charge in [-0.2, -0.15) is 0 Å². The van der Waals surface area contributed by atoms with Crippen molar-refractivity contribution in [2.24, 2.45) is 0 Å². The smallest absolute Gasteiger partial charge is 0.313 e. The van der Waals surface area contributed by atoms with E-state index < -0.39 is 11.8 Å². The summed E-state index contributed by atoms with van der Waals surface area (Å²) in [5.41, 5.74) is 2.52. The molecule has 0 unspecified atom stereocenters. The molecule has 1 aromatic heterocycles. The van der Waals surface area contributed by atoms with E-state index in [1.165, 1.54) is 0 Å². The van der Waals surface area contributed by atoms with Crippen molar-refractivity contribution in [2.75, 3.05) is 32.5 Å². The van der Waals surface area contributed by atoms with Gasteiger partial charge in [0.05, 0.1) is 10.2 Å². The number of carbonyl (C=O) groups is 2. The molecular weight excluding hydrogens is 360 g/mol. The lowest BCUT2D eigenvalue weighted by molar-refractivity contribution is -0.136. The van der Waals surface area contributed by atoms with Crippen LogP contribution in [0.5, 0.6) is 0 Å². The summed E-state index contributed by atoms with van der Waals surface area (Å²) < 4.78 is 1.14. The van der Waals surface area contributed by atoms with Crippen LogP contribution in [0.1, 0.15) is 6.42 Å². The first-order chi connectivity index (χ1) is 13.0. The van der Waals surface area contributed by atoms with E-state index in [1.54, 1.807) is 23.5 Å². The molecule has 2 N–H and O–H groups in total. The molecule has 0 aliphatic heterocycles. The van der Waals surface area contributed by atoms with E-state index in [0.29, 0.717) is 12.2 Å². The summed E-state index contributed by atoms with van der Waals surface area (Å²) in [6, 6.07) is 15.3. The largest absolute Gasteiger partial charge is 0.348 e. The van der Waals surface area contributed by atoms with Crippen molar-refractivity contribution < 1.29 is 9.59 Å². The van der Waals surface area contributed by atoms with Crippen LogP contribution in [0.4, 0.5) is 5.69 Å². The number of hydrogen-bond acceptors (Lipinski definition) is 5. The fourth-order valence-corrected chi connectivity index (χ4v) is 3.53. The molecule has 0 atom stereocenters. The van der Waals surface area contributed by atoms with Gasteiger partial charge in [-0.1, -0.05) is 12.1 Å². The molecule has 2 aromatic carbocycles. The van der Waals surface area contributed by atoms with Crippen LogP contribution < -0.4 is 10.6 Å². The SMILES string of the molecule is CN(C)CCCNC(=O)C(=O)Nc1ccc(-c2nc3ccccc3s2)cc1. The predicted octanol–water partition coefficient (Wildman–Crippen LogP) is 2.97. The number of benzene rings is 2. The van der Waals surface area contributed by atoms with Crippen molar-refractivity contribution in [2.45, 2.75) is 6.42 Å². The summed E-state index contributed by atoms with van der Waals surface area (Å²) in [6.45, 7) is 1.33. The third-order valence-corrected chi connectivity index (χ3v) is 5.04. The maximum atomic E-state index is 12.0. The van der Waals surface area contributed by atoms with Gasteiger partial charge in [0.15, 0.2) is 0 Å². The van der Waals surface area contributed by atoms with Gasteiger partial charge in [-0.05, 0) is 63.5 Å². The lowest BCUT2D eigenvalue weighted by Crippen LogP contribution is -2.36. The second-order valence-electron chi connectivity index (χ2n) is 6.43. The minimum atomic E-state index is -0.660. The Morgan fingerprint density at radius 1 is 1.04 bits per heavy atom. The molecule has 27 heavy (non-hydrogen) atoms. The maximum Gasteiger partial charge on any atom is 0.313 e. The molecule has 140 valence electrons. The van der Waals surface area contributed by atoms with Crippen molar-refractivity contribution in [1.29, 1.82) is 0 Å². The van der Waals surface area contributed by atoms with Gasteiger partial charge >= 0.3 is 11.8 Å². The van der Waals surface area contributed by atoms with E-state index in [2.05, 4.69) is 15.6 Å². The molecule has 3 rings (SSSR count). The zero-order chi connectivity index (χ0) is 19.2. The minimum Gasteiger partial charge on any atom is -0.348 e. The van der Waals surface area contributed by atoms with Crippen LogP contribution >= 0.6 is 11.3 Å². The highest BCUT2D eigenvalue weighted by molar-refractivity contribution is 7.21. The number of nitrogens with zero attached hydrogens (tertiary/aromatic N) is 2. The number of para-hydroxylation sites is 1. The Morgan fingerprint density at radius 2 is 1.78 bits per heavy atom. The zero-order valence-corrected chi connectivity index (χ0v) is 16.2. The fourth-order valence-electron chi connectivity index (χ4n) is 2.56. The highest BCUT2D eigenvalue weighted by Crippen LogP contribution is 2.30. The molecule has 0 saturated carbocycles. The molecule has 1 heterocycles. The highest BCUT2D eigenvalue weighted by atomic mass is 32.1. The average Bonchev–Trinajstić information content (AvgIpc) is 3.09. The summed E-state index contributed by atoms with van der Waals surface area (Å²) in [4.78, 5) is 30.5. The molecule has 7 heteroatoms. The van der Waals surface area contributed by atoms with Crippen LogP contribution in [0.2, 0.25) is 0 Å². The van der Waals surface area contributed by atoms with E-state index in [4.69, 9.17) is 0 Å². The number of hydrogen-bond donors (Lipinski definition) is 2. The second-order valence-corrected chi connectivity index (χ2v) is 7.46. The second kappa shape index (κ2) is 8.75. The van der Waals surface area contributed by atoms with Gasteiger partial charge < -0.3 is 15.5 Å². The van der Waals surface area contributed by atoms with Gasteiger partial charge in [0.25, 0.3) is 0 Å². The van der Waals surface area contributed by atoms with E-state index in [9.17, 15) is 9.59 Å². The summed E-state index contributed by atoms with van der Waals surface area (Å²) in [5, 5.41) is 6.17. The number of nitrogens with one attached hydrogen (secondary N) is 2. The Balaban J connectivity index is 1.57. The predicted molar refractivity (Wildman–Crippen MR) is 110 cm³/mol. The van der Waals surface area contributed by atoms with Crippen LogP contribution in [0.15, 0.2) is 48.5 Å². The molecule has 0 aliphatic rings. The monoisotopic (exact) mass is 382 g/mol. The summed E-state index contributed by atoms with van der Waals surface area (Å²) in [5.74, 6) is -1.28. The molecule has 6 nitrogen and oxygen atoms in total. The Labute approximate surface area is 162 Å².